The maximum Gasteiger partial charge on any atom is 0.322 e. The van der Waals surface area contributed by atoms with Crippen LogP contribution in [0, 0.1) is 18.6 Å². The van der Waals surface area contributed by atoms with Gasteiger partial charge < -0.3 is 14.7 Å². The molecule has 1 fully saturated rings. The van der Waals surface area contributed by atoms with Crippen molar-refractivity contribution in [3.8, 4) is 0 Å². The predicted molar refractivity (Wildman–Crippen MR) is 89.4 cm³/mol. The van der Waals surface area contributed by atoms with Crippen molar-refractivity contribution in [3.05, 3.63) is 46.9 Å². The van der Waals surface area contributed by atoms with Crippen molar-refractivity contribution in [2.24, 2.45) is 0 Å². The zero-order valence-electron chi connectivity index (χ0n) is 14.5. The van der Waals surface area contributed by atoms with Gasteiger partial charge in [0, 0.05) is 12.5 Å². The van der Waals surface area contributed by atoms with Crippen LogP contribution < -0.4 is 5.32 Å². The average molecular weight is 349 g/mol. The number of urea groups is 1. The first-order chi connectivity index (χ1) is 11.9. The summed E-state index contributed by atoms with van der Waals surface area (Å²) in [4.78, 5) is 14.4. The molecule has 0 spiro atoms. The third kappa shape index (κ3) is 3.36. The van der Waals surface area contributed by atoms with E-state index in [9.17, 15) is 13.6 Å². The Morgan fingerprint density at radius 1 is 1.36 bits per heavy atom. The lowest BCUT2D eigenvalue weighted by molar-refractivity contribution is 0.207. The van der Waals surface area contributed by atoms with Gasteiger partial charge in [-0.25, -0.2) is 13.6 Å². The highest BCUT2D eigenvalue weighted by molar-refractivity contribution is 5.91. The number of rotatable bonds is 3. The molecular formula is C18H21F2N3O2. The number of nitrogens with one attached hydrogen (secondary N) is 1. The minimum Gasteiger partial charge on any atom is -0.359 e. The van der Waals surface area contributed by atoms with Gasteiger partial charge in [-0.2, -0.15) is 0 Å². The molecule has 1 N–H and O–H groups in total. The lowest BCUT2D eigenvalue weighted by Gasteiger charge is -2.25. The summed E-state index contributed by atoms with van der Waals surface area (Å²) >= 11 is 0. The van der Waals surface area contributed by atoms with E-state index < -0.39 is 11.6 Å². The minimum absolute atomic E-state index is 0.0806. The molecule has 25 heavy (non-hydrogen) atoms. The van der Waals surface area contributed by atoms with Gasteiger partial charge in [0.05, 0.1) is 6.04 Å². The van der Waals surface area contributed by atoms with E-state index >= 15 is 0 Å². The van der Waals surface area contributed by atoms with Crippen LogP contribution in [0.15, 0.2) is 22.7 Å². The largest absolute Gasteiger partial charge is 0.359 e. The molecule has 3 rings (SSSR count). The van der Waals surface area contributed by atoms with Crippen molar-refractivity contribution >= 4 is 11.7 Å². The highest BCUT2D eigenvalue weighted by atomic mass is 19.2. The maximum atomic E-state index is 13.5. The SMILES string of the molecule is Cc1noc(C(C)C)c1NC(=O)N1CCCC1c1ccc(F)c(F)c1. The number of nitrogens with zero attached hydrogens (tertiary/aromatic N) is 2. The van der Waals surface area contributed by atoms with Crippen molar-refractivity contribution in [2.75, 3.05) is 11.9 Å². The van der Waals surface area contributed by atoms with Crippen molar-refractivity contribution < 1.29 is 18.1 Å². The monoisotopic (exact) mass is 349 g/mol. The fourth-order valence-corrected chi connectivity index (χ4v) is 3.19. The number of carbonyl (C=O) groups excluding carboxylic acids is 1. The van der Waals surface area contributed by atoms with Crippen LogP contribution in [0.4, 0.5) is 19.3 Å². The summed E-state index contributed by atoms with van der Waals surface area (Å²) in [5, 5.41) is 6.79. The summed E-state index contributed by atoms with van der Waals surface area (Å²) in [6.07, 6.45) is 1.51. The second kappa shape index (κ2) is 6.82. The third-order valence-corrected chi connectivity index (χ3v) is 4.49. The summed E-state index contributed by atoms with van der Waals surface area (Å²) in [5.41, 5.74) is 1.79. The van der Waals surface area contributed by atoms with Crippen molar-refractivity contribution in [3.63, 3.8) is 0 Å². The molecule has 0 radical (unpaired) electrons. The number of aryl methyl sites for hydroxylation is 1. The number of halogens is 2. The van der Waals surface area contributed by atoms with E-state index in [1.165, 1.54) is 6.07 Å². The van der Waals surface area contributed by atoms with E-state index in [-0.39, 0.29) is 18.0 Å². The fourth-order valence-electron chi connectivity index (χ4n) is 3.19. The summed E-state index contributed by atoms with van der Waals surface area (Å²) in [6, 6.07) is 3.22. The first-order valence-electron chi connectivity index (χ1n) is 8.37. The van der Waals surface area contributed by atoms with Gasteiger partial charge in [0.1, 0.15) is 11.4 Å². The molecule has 1 aromatic carbocycles. The second-order valence-corrected chi connectivity index (χ2v) is 6.62. The lowest BCUT2D eigenvalue weighted by atomic mass is 10.0. The molecule has 2 aromatic rings. The average Bonchev–Trinajstić information content (AvgIpc) is 3.18. The van der Waals surface area contributed by atoms with E-state index in [0.717, 1.165) is 18.6 Å². The van der Waals surface area contributed by atoms with E-state index in [1.54, 1.807) is 11.8 Å². The van der Waals surface area contributed by atoms with E-state index in [2.05, 4.69) is 10.5 Å². The Kier molecular flexibility index (Phi) is 4.74. The van der Waals surface area contributed by atoms with Crippen molar-refractivity contribution in [2.45, 2.75) is 45.6 Å². The van der Waals surface area contributed by atoms with Crippen LogP contribution in [-0.4, -0.2) is 22.6 Å². The van der Waals surface area contributed by atoms with Crippen molar-refractivity contribution in [1.29, 1.82) is 0 Å². The fraction of sp³-hybridized carbons (Fsp3) is 0.444. The van der Waals surface area contributed by atoms with Crippen LogP contribution in [0.25, 0.3) is 0 Å². The highest BCUT2D eigenvalue weighted by Gasteiger charge is 2.31. The van der Waals surface area contributed by atoms with E-state index in [1.807, 2.05) is 13.8 Å². The Balaban J connectivity index is 1.82. The van der Waals surface area contributed by atoms with Crippen LogP contribution >= 0.6 is 0 Å². The lowest BCUT2D eigenvalue weighted by Crippen LogP contribution is -2.34. The summed E-state index contributed by atoms with van der Waals surface area (Å²) < 4.78 is 32.0. The molecular weight excluding hydrogens is 328 g/mol. The zero-order chi connectivity index (χ0) is 18.1. The Hall–Kier alpha value is -2.44. The number of carbonyl (C=O) groups is 1. The summed E-state index contributed by atoms with van der Waals surface area (Å²) in [7, 11) is 0. The highest BCUT2D eigenvalue weighted by Crippen LogP contribution is 2.34. The van der Waals surface area contributed by atoms with Crippen LogP contribution in [0.5, 0.6) is 0 Å². The Bertz CT molecular complexity index is 789. The predicted octanol–water partition coefficient (Wildman–Crippen LogP) is 4.75. The Morgan fingerprint density at radius 3 is 2.80 bits per heavy atom. The molecule has 1 saturated heterocycles. The molecule has 5 nitrogen and oxygen atoms in total. The van der Waals surface area contributed by atoms with Gasteiger partial charge in [-0.1, -0.05) is 25.1 Å². The molecule has 2 amide bonds. The van der Waals surface area contributed by atoms with Gasteiger partial charge in [-0.15, -0.1) is 0 Å². The van der Waals surface area contributed by atoms with Crippen LogP contribution in [0.3, 0.4) is 0 Å². The number of anilines is 1. The number of aromatic nitrogens is 1. The van der Waals surface area contributed by atoms with E-state index in [4.69, 9.17) is 4.52 Å². The summed E-state index contributed by atoms with van der Waals surface area (Å²) in [6.45, 7) is 6.23. The molecule has 1 aromatic heterocycles. The molecule has 1 unspecified atom stereocenters. The van der Waals surface area contributed by atoms with Crippen LogP contribution in [0.2, 0.25) is 0 Å². The molecule has 0 saturated carbocycles. The first kappa shape index (κ1) is 17.4. The molecule has 1 atom stereocenters. The number of likely N-dealkylation sites (tertiary alicyclic amines) is 1. The van der Waals surface area contributed by atoms with Gasteiger partial charge >= 0.3 is 6.03 Å². The molecule has 134 valence electrons. The molecule has 1 aliphatic rings. The minimum atomic E-state index is -0.901. The number of hydrogen-bond donors (Lipinski definition) is 1. The van der Waals surface area contributed by atoms with Gasteiger partial charge in [0.2, 0.25) is 0 Å². The first-order valence-corrected chi connectivity index (χ1v) is 8.37. The quantitative estimate of drug-likeness (QED) is 0.870. The maximum absolute atomic E-state index is 13.5. The normalized spacial score (nSPS) is 17.4. The topological polar surface area (TPSA) is 58.4 Å². The van der Waals surface area contributed by atoms with Crippen LogP contribution in [0.1, 0.15) is 55.7 Å². The zero-order valence-corrected chi connectivity index (χ0v) is 14.5. The number of benzene rings is 1. The molecule has 0 bridgehead atoms. The number of hydrogen-bond acceptors (Lipinski definition) is 3. The number of amides is 2. The Morgan fingerprint density at radius 2 is 2.12 bits per heavy atom. The molecule has 1 aliphatic heterocycles. The molecule has 2 heterocycles. The molecule has 0 aliphatic carbocycles. The summed E-state index contributed by atoms with van der Waals surface area (Å²) in [5.74, 6) is -1.09. The third-order valence-electron chi connectivity index (χ3n) is 4.49. The van der Waals surface area contributed by atoms with Gasteiger partial charge in [-0.3, -0.25) is 0 Å². The molecule has 7 heteroatoms. The van der Waals surface area contributed by atoms with Gasteiger partial charge in [0.15, 0.2) is 17.4 Å². The van der Waals surface area contributed by atoms with Crippen molar-refractivity contribution in [1.82, 2.24) is 10.1 Å². The smallest absolute Gasteiger partial charge is 0.322 e. The van der Waals surface area contributed by atoms with Crippen LogP contribution in [-0.2, 0) is 0 Å². The van der Waals surface area contributed by atoms with Gasteiger partial charge in [-0.05, 0) is 37.5 Å². The van der Waals surface area contributed by atoms with E-state index in [0.29, 0.717) is 35.7 Å². The van der Waals surface area contributed by atoms with Gasteiger partial charge in [0.25, 0.3) is 0 Å². The standard InChI is InChI=1S/C18H21F2N3O2/c1-10(2)17-16(11(3)22-25-17)21-18(24)23-8-4-5-15(23)12-6-7-13(19)14(20)9-12/h6-7,9-10,15H,4-5,8H2,1-3H3,(H,21,24). The second-order valence-electron chi connectivity index (χ2n) is 6.62. The Labute approximate surface area is 145 Å².